The number of unbranched alkanes of at least 4 members (excludes halogenated alkanes) is 1. The van der Waals surface area contributed by atoms with Gasteiger partial charge in [0.25, 0.3) is 0 Å². The highest BCUT2D eigenvalue weighted by Crippen LogP contribution is 2.08. The minimum Gasteiger partial charge on any atom is -0.481 e. The van der Waals surface area contributed by atoms with Crippen molar-refractivity contribution < 1.29 is 9.90 Å². The van der Waals surface area contributed by atoms with Crippen molar-refractivity contribution in [3.63, 3.8) is 0 Å². The Morgan fingerprint density at radius 3 is 2.47 bits per heavy atom. The molecule has 0 aliphatic carbocycles. The number of rotatable bonds is 5. The van der Waals surface area contributed by atoms with Gasteiger partial charge in [0.05, 0.1) is 0 Å². The first kappa shape index (κ1) is 11.3. The Kier molecular flexibility index (Phi) is 4.43. The molecule has 0 radical (unpaired) electrons. The van der Waals surface area contributed by atoms with Crippen molar-refractivity contribution in [3.05, 3.63) is 35.4 Å². The van der Waals surface area contributed by atoms with Crippen molar-refractivity contribution >= 4 is 5.97 Å². The van der Waals surface area contributed by atoms with E-state index in [4.69, 9.17) is 11.5 Å². The molecule has 1 N–H and O–H groups in total. The molecule has 1 aromatic carbocycles. The van der Waals surface area contributed by atoms with Crippen LogP contribution in [-0.2, 0) is 11.2 Å². The molecule has 2 heteroatoms. The lowest BCUT2D eigenvalue weighted by Gasteiger charge is -2.00. The number of hydrogen-bond acceptors (Lipinski definition) is 1. The number of aliphatic carboxylic acids is 1. The molecule has 0 aromatic heterocycles. The van der Waals surface area contributed by atoms with Gasteiger partial charge in [-0.1, -0.05) is 18.1 Å². The van der Waals surface area contributed by atoms with Crippen LogP contribution in [0.25, 0.3) is 0 Å². The van der Waals surface area contributed by atoms with Crippen molar-refractivity contribution in [3.8, 4) is 12.3 Å². The van der Waals surface area contributed by atoms with Crippen molar-refractivity contribution in [1.82, 2.24) is 0 Å². The highest BCUT2D eigenvalue weighted by molar-refractivity contribution is 5.66. The number of aryl methyl sites for hydroxylation is 1. The molecule has 0 bridgehead atoms. The summed E-state index contributed by atoms with van der Waals surface area (Å²) in [4.78, 5) is 10.3. The van der Waals surface area contributed by atoms with E-state index in [1.165, 1.54) is 5.56 Å². The number of terminal acetylenes is 1. The number of carboxylic acids is 1. The lowest BCUT2D eigenvalue weighted by Crippen LogP contribution is -1.94. The molecule has 0 unspecified atom stereocenters. The molecule has 0 fully saturated rings. The smallest absolute Gasteiger partial charge is 0.303 e. The molecule has 0 saturated heterocycles. The number of hydrogen-bond donors (Lipinski definition) is 1. The van der Waals surface area contributed by atoms with Crippen LogP contribution in [0.5, 0.6) is 0 Å². The maximum absolute atomic E-state index is 10.3. The first-order chi connectivity index (χ1) is 7.22. The van der Waals surface area contributed by atoms with E-state index >= 15 is 0 Å². The molecule has 0 spiro atoms. The van der Waals surface area contributed by atoms with Gasteiger partial charge in [-0.2, -0.15) is 0 Å². The largest absolute Gasteiger partial charge is 0.481 e. The number of carbonyl (C=O) groups is 1. The fourth-order valence-corrected chi connectivity index (χ4v) is 1.37. The number of benzene rings is 1. The minimum atomic E-state index is -0.724. The highest BCUT2D eigenvalue weighted by atomic mass is 16.4. The first-order valence-electron chi connectivity index (χ1n) is 4.99. The molecule has 1 rings (SSSR count). The first-order valence-corrected chi connectivity index (χ1v) is 4.99. The molecule has 2 nitrogen and oxygen atoms in total. The van der Waals surface area contributed by atoms with Crippen LogP contribution in [0.1, 0.15) is 30.4 Å². The van der Waals surface area contributed by atoms with Crippen LogP contribution in [0.15, 0.2) is 24.3 Å². The van der Waals surface area contributed by atoms with Crippen LogP contribution in [0.2, 0.25) is 0 Å². The van der Waals surface area contributed by atoms with Gasteiger partial charge in [0.1, 0.15) is 0 Å². The molecule has 78 valence electrons. The molecule has 0 aliphatic rings. The van der Waals surface area contributed by atoms with E-state index in [0.717, 1.165) is 24.8 Å². The van der Waals surface area contributed by atoms with Crippen LogP contribution in [0.4, 0.5) is 0 Å². The quantitative estimate of drug-likeness (QED) is 0.588. The van der Waals surface area contributed by atoms with Crippen LogP contribution in [0.3, 0.4) is 0 Å². The monoisotopic (exact) mass is 202 g/mol. The summed E-state index contributed by atoms with van der Waals surface area (Å²) in [7, 11) is 0. The van der Waals surface area contributed by atoms with Gasteiger partial charge in [0, 0.05) is 12.0 Å². The van der Waals surface area contributed by atoms with E-state index < -0.39 is 5.97 Å². The van der Waals surface area contributed by atoms with Crippen LogP contribution in [-0.4, -0.2) is 11.1 Å². The fraction of sp³-hybridized carbons (Fsp3) is 0.308. The van der Waals surface area contributed by atoms with E-state index in [-0.39, 0.29) is 6.42 Å². The summed E-state index contributed by atoms with van der Waals surface area (Å²) >= 11 is 0. The second-order valence-corrected chi connectivity index (χ2v) is 3.44. The zero-order chi connectivity index (χ0) is 11.1. The topological polar surface area (TPSA) is 37.3 Å². The summed E-state index contributed by atoms with van der Waals surface area (Å²) in [6.45, 7) is 0. The second-order valence-electron chi connectivity index (χ2n) is 3.44. The fourth-order valence-electron chi connectivity index (χ4n) is 1.37. The van der Waals surface area contributed by atoms with Crippen LogP contribution in [0, 0.1) is 12.3 Å². The molecule has 0 heterocycles. The Labute approximate surface area is 89.9 Å². The standard InChI is InChI=1S/C13H14O2/c1-2-11-7-9-12(10-8-11)5-3-4-6-13(14)15/h1,7-10H,3-6H2,(H,14,15). The Bertz CT molecular complexity index is 357. The molecule has 0 aliphatic heterocycles. The maximum Gasteiger partial charge on any atom is 0.303 e. The third-order valence-corrected chi connectivity index (χ3v) is 2.23. The van der Waals surface area contributed by atoms with Crippen LogP contribution < -0.4 is 0 Å². The molecule has 0 amide bonds. The van der Waals surface area contributed by atoms with E-state index in [0.29, 0.717) is 0 Å². The summed E-state index contributed by atoms with van der Waals surface area (Å²) in [5.74, 6) is 1.83. The molecule has 15 heavy (non-hydrogen) atoms. The normalized spacial score (nSPS) is 9.53. The van der Waals surface area contributed by atoms with Gasteiger partial charge in [-0.3, -0.25) is 4.79 Å². The number of carboxylic acid groups (broad SMARTS) is 1. The summed E-state index contributed by atoms with van der Waals surface area (Å²) in [6.07, 6.45) is 8.04. The zero-order valence-electron chi connectivity index (χ0n) is 8.57. The van der Waals surface area contributed by atoms with E-state index in [2.05, 4.69) is 5.92 Å². The van der Waals surface area contributed by atoms with Gasteiger partial charge in [-0.25, -0.2) is 0 Å². The third kappa shape index (κ3) is 4.33. The van der Waals surface area contributed by atoms with Crippen molar-refractivity contribution in [2.45, 2.75) is 25.7 Å². The van der Waals surface area contributed by atoms with E-state index in [1.54, 1.807) is 0 Å². The highest BCUT2D eigenvalue weighted by Gasteiger charge is 1.97. The summed E-state index contributed by atoms with van der Waals surface area (Å²) in [5, 5.41) is 8.46. The van der Waals surface area contributed by atoms with Gasteiger partial charge < -0.3 is 5.11 Å². The lowest BCUT2D eigenvalue weighted by atomic mass is 10.1. The predicted octanol–water partition coefficient (Wildman–Crippen LogP) is 2.47. The Hall–Kier alpha value is -1.75. The molecule has 1 aromatic rings. The summed E-state index contributed by atoms with van der Waals surface area (Å²) < 4.78 is 0. The van der Waals surface area contributed by atoms with Gasteiger partial charge in [0.15, 0.2) is 0 Å². The Balaban J connectivity index is 2.32. The Morgan fingerprint density at radius 2 is 1.93 bits per heavy atom. The van der Waals surface area contributed by atoms with Gasteiger partial charge in [-0.15, -0.1) is 6.42 Å². The summed E-state index contributed by atoms with van der Waals surface area (Å²) in [6, 6.07) is 7.81. The Morgan fingerprint density at radius 1 is 1.27 bits per heavy atom. The molecular weight excluding hydrogens is 188 g/mol. The van der Waals surface area contributed by atoms with Crippen molar-refractivity contribution in [2.24, 2.45) is 0 Å². The minimum absolute atomic E-state index is 0.252. The molecular formula is C13H14O2. The maximum atomic E-state index is 10.3. The predicted molar refractivity (Wildman–Crippen MR) is 59.6 cm³/mol. The van der Waals surface area contributed by atoms with E-state index in [9.17, 15) is 4.79 Å². The lowest BCUT2D eigenvalue weighted by molar-refractivity contribution is -0.137. The summed E-state index contributed by atoms with van der Waals surface area (Å²) in [5.41, 5.74) is 2.09. The van der Waals surface area contributed by atoms with Gasteiger partial charge >= 0.3 is 5.97 Å². The average molecular weight is 202 g/mol. The van der Waals surface area contributed by atoms with Gasteiger partial charge in [0.2, 0.25) is 0 Å². The van der Waals surface area contributed by atoms with Crippen LogP contribution >= 0.6 is 0 Å². The third-order valence-electron chi connectivity index (χ3n) is 2.23. The average Bonchev–Trinajstić information content (AvgIpc) is 2.25. The SMILES string of the molecule is C#Cc1ccc(CCCCC(=O)O)cc1. The van der Waals surface area contributed by atoms with Crippen molar-refractivity contribution in [1.29, 1.82) is 0 Å². The zero-order valence-corrected chi connectivity index (χ0v) is 8.57. The molecule has 0 atom stereocenters. The van der Waals surface area contributed by atoms with Gasteiger partial charge in [-0.05, 0) is 37.0 Å². The van der Waals surface area contributed by atoms with E-state index in [1.807, 2.05) is 24.3 Å². The second kappa shape index (κ2) is 5.87. The van der Waals surface area contributed by atoms with Crippen molar-refractivity contribution in [2.75, 3.05) is 0 Å². The molecule has 0 saturated carbocycles.